The number of unbranched alkanes of at least 4 members (excludes halogenated alkanes) is 3. The van der Waals surface area contributed by atoms with E-state index >= 15 is 0 Å². The molecule has 0 unspecified atom stereocenters. The van der Waals surface area contributed by atoms with E-state index in [9.17, 15) is 0 Å². The summed E-state index contributed by atoms with van der Waals surface area (Å²) in [4.78, 5) is 10.6. The minimum absolute atomic E-state index is 0. The maximum absolute atomic E-state index is 5.32. The van der Waals surface area contributed by atoms with Crippen LogP contribution in [-0.2, 0) is 46.1 Å². The molecule has 214 valence electrons. The van der Waals surface area contributed by atoms with Gasteiger partial charge in [0.15, 0.2) is 0 Å². The van der Waals surface area contributed by atoms with Crippen molar-refractivity contribution in [2.24, 2.45) is 9.98 Å². The zero-order valence-corrected chi connectivity index (χ0v) is 26.8. The molecular formula is C35H54N2Pd. The minimum Gasteiger partial charge on any atom is -0.252 e. The standard InChI is InChI=1S/C35H54N2.Pd/c1-7-13-15-21-35(37-33-25-23-29(17-10-4)31(27-33)19-12-6)34(20-14-8-2)36-32-24-22-28(16-9-3)30(26-32)18-11-5;/h22-27H,7-21H2,1-6H3;. The fourth-order valence-electron chi connectivity index (χ4n) is 5.12. The average molecular weight is 609 g/mol. The molecule has 0 aliphatic heterocycles. The molecule has 0 atom stereocenters. The van der Waals surface area contributed by atoms with Gasteiger partial charge < -0.3 is 0 Å². The van der Waals surface area contributed by atoms with Crippen LogP contribution in [0.25, 0.3) is 0 Å². The Bertz CT molecular complexity index is 989. The second kappa shape index (κ2) is 20.4. The summed E-state index contributed by atoms with van der Waals surface area (Å²) >= 11 is 0. The van der Waals surface area contributed by atoms with Crippen LogP contribution >= 0.6 is 0 Å². The Balaban J connectivity index is 0.00000722. The van der Waals surface area contributed by atoms with Crippen molar-refractivity contribution in [2.75, 3.05) is 0 Å². The van der Waals surface area contributed by atoms with E-state index in [0.29, 0.717) is 0 Å². The minimum atomic E-state index is 0. The van der Waals surface area contributed by atoms with Crippen LogP contribution in [0.4, 0.5) is 11.4 Å². The third kappa shape index (κ3) is 11.7. The first-order valence-corrected chi connectivity index (χ1v) is 15.5. The van der Waals surface area contributed by atoms with Crippen molar-refractivity contribution in [2.45, 2.75) is 138 Å². The number of benzene rings is 2. The van der Waals surface area contributed by atoms with Gasteiger partial charge in [-0.1, -0.05) is 98.6 Å². The number of nitrogens with zero attached hydrogens (tertiary/aromatic N) is 2. The monoisotopic (exact) mass is 608 g/mol. The summed E-state index contributed by atoms with van der Waals surface area (Å²) in [6.45, 7) is 13.6. The molecular weight excluding hydrogens is 555 g/mol. The average Bonchev–Trinajstić information content (AvgIpc) is 2.89. The van der Waals surface area contributed by atoms with Gasteiger partial charge in [0.05, 0.1) is 22.8 Å². The van der Waals surface area contributed by atoms with E-state index in [2.05, 4.69) is 77.9 Å². The van der Waals surface area contributed by atoms with E-state index < -0.39 is 0 Å². The summed E-state index contributed by atoms with van der Waals surface area (Å²) in [7, 11) is 0. The third-order valence-corrected chi connectivity index (χ3v) is 7.10. The van der Waals surface area contributed by atoms with Gasteiger partial charge in [0, 0.05) is 20.4 Å². The molecule has 3 heteroatoms. The van der Waals surface area contributed by atoms with E-state index in [1.807, 2.05) is 0 Å². The molecule has 2 aromatic carbocycles. The summed E-state index contributed by atoms with van der Waals surface area (Å²) in [5.74, 6) is 0. The quantitative estimate of drug-likeness (QED) is 0.0913. The van der Waals surface area contributed by atoms with Crippen molar-refractivity contribution in [1.29, 1.82) is 0 Å². The van der Waals surface area contributed by atoms with E-state index in [1.165, 1.54) is 85.0 Å². The Hall–Kier alpha value is -1.56. The zero-order valence-electron chi connectivity index (χ0n) is 25.3. The second-order valence-electron chi connectivity index (χ2n) is 10.6. The number of hydrogen-bond acceptors (Lipinski definition) is 2. The Morgan fingerprint density at radius 2 is 0.868 bits per heavy atom. The Morgan fingerprint density at radius 1 is 0.474 bits per heavy atom. The van der Waals surface area contributed by atoms with Crippen molar-refractivity contribution >= 4 is 22.8 Å². The maximum Gasteiger partial charge on any atom is 0.0636 e. The first kappa shape index (κ1) is 34.5. The van der Waals surface area contributed by atoms with Crippen molar-refractivity contribution < 1.29 is 20.4 Å². The molecule has 0 spiro atoms. The number of rotatable bonds is 18. The molecule has 0 fully saturated rings. The molecule has 0 aliphatic carbocycles. The van der Waals surface area contributed by atoms with Gasteiger partial charge >= 0.3 is 0 Å². The first-order valence-electron chi connectivity index (χ1n) is 15.5. The molecule has 2 rings (SSSR count). The predicted molar refractivity (Wildman–Crippen MR) is 167 cm³/mol. The van der Waals surface area contributed by atoms with Crippen LogP contribution in [0.15, 0.2) is 46.4 Å². The largest absolute Gasteiger partial charge is 0.252 e. The van der Waals surface area contributed by atoms with E-state index in [0.717, 1.165) is 56.3 Å². The van der Waals surface area contributed by atoms with Crippen LogP contribution < -0.4 is 0 Å². The summed E-state index contributed by atoms with van der Waals surface area (Å²) in [6.07, 6.45) is 17.2. The van der Waals surface area contributed by atoms with Crippen molar-refractivity contribution in [3.8, 4) is 0 Å². The Kier molecular flexibility index (Phi) is 18.5. The van der Waals surface area contributed by atoms with Gasteiger partial charge in [-0.3, -0.25) is 9.98 Å². The van der Waals surface area contributed by atoms with Crippen molar-refractivity contribution in [3.63, 3.8) is 0 Å². The molecule has 0 bridgehead atoms. The smallest absolute Gasteiger partial charge is 0.0636 e. The Labute approximate surface area is 248 Å². The fraction of sp³-hybridized carbons (Fsp3) is 0.600. The number of aryl methyl sites for hydroxylation is 4. The van der Waals surface area contributed by atoms with Crippen LogP contribution in [0.2, 0.25) is 0 Å². The van der Waals surface area contributed by atoms with Crippen LogP contribution in [0.3, 0.4) is 0 Å². The predicted octanol–water partition coefficient (Wildman–Crippen LogP) is 11.1. The van der Waals surface area contributed by atoms with Crippen LogP contribution in [0.5, 0.6) is 0 Å². The van der Waals surface area contributed by atoms with Gasteiger partial charge in [-0.25, -0.2) is 0 Å². The Morgan fingerprint density at radius 3 is 1.26 bits per heavy atom. The van der Waals surface area contributed by atoms with Crippen LogP contribution in [0, 0.1) is 0 Å². The summed E-state index contributed by atoms with van der Waals surface area (Å²) < 4.78 is 0. The molecule has 0 amide bonds. The van der Waals surface area contributed by atoms with Gasteiger partial charge in [0.25, 0.3) is 0 Å². The molecule has 0 aliphatic rings. The van der Waals surface area contributed by atoms with Crippen molar-refractivity contribution in [1.82, 2.24) is 0 Å². The van der Waals surface area contributed by atoms with E-state index in [-0.39, 0.29) is 20.4 Å². The first-order chi connectivity index (χ1) is 18.1. The number of hydrogen-bond donors (Lipinski definition) is 0. The number of aliphatic imine (C=N–C) groups is 2. The topological polar surface area (TPSA) is 24.7 Å². The second-order valence-corrected chi connectivity index (χ2v) is 10.6. The SMILES string of the molecule is CCCCCC(=Nc1ccc(CCC)c(CCC)c1)C(CCCC)=Nc1ccc(CCC)c(CCC)c1.[Pd]. The maximum atomic E-state index is 5.32. The molecule has 0 N–H and O–H groups in total. The van der Waals surface area contributed by atoms with E-state index in [1.54, 1.807) is 0 Å². The third-order valence-electron chi connectivity index (χ3n) is 7.10. The van der Waals surface area contributed by atoms with Gasteiger partial charge in [-0.05, 0) is 97.9 Å². The molecule has 0 aromatic heterocycles. The molecule has 0 radical (unpaired) electrons. The summed E-state index contributed by atoms with van der Waals surface area (Å²) in [5.41, 5.74) is 10.5. The summed E-state index contributed by atoms with van der Waals surface area (Å²) in [5, 5.41) is 0. The molecule has 0 saturated carbocycles. The van der Waals surface area contributed by atoms with Crippen LogP contribution in [0.1, 0.15) is 134 Å². The molecule has 0 heterocycles. The fourth-order valence-corrected chi connectivity index (χ4v) is 5.12. The van der Waals surface area contributed by atoms with Gasteiger partial charge in [0.2, 0.25) is 0 Å². The molecule has 38 heavy (non-hydrogen) atoms. The van der Waals surface area contributed by atoms with Gasteiger partial charge in [-0.2, -0.15) is 0 Å². The normalized spacial score (nSPS) is 12.1. The van der Waals surface area contributed by atoms with Gasteiger partial charge in [0.1, 0.15) is 0 Å². The summed E-state index contributed by atoms with van der Waals surface area (Å²) in [6, 6.07) is 13.8. The van der Waals surface area contributed by atoms with Crippen LogP contribution in [-0.4, -0.2) is 11.4 Å². The van der Waals surface area contributed by atoms with Crippen molar-refractivity contribution in [3.05, 3.63) is 58.7 Å². The zero-order chi connectivity index (χ0) is 26.9. The van der Waals surface area contributed by atoms with Gasteiger partial charge in [-0.15, -0.1) is 0 Å². The molecule has 2 aromatic rings. The molecule has 2 nitrogen and oxygen atoms in total. The molecule has 0 saturated heterocycles. The van der Waals surface area contributed by atoms with E-state index in [4.69, 9.17) is 9.98 Å².